The molecule has 2 amide bonds. The van der Waals surface area contributed by atoms with E-state index in [1.54, 1.807) is 19.2 Å². The van der Waals surface area contributed by atoms with Crippen molar-refractivity contribution in [2.24, 2.45) is 0 Å². The van der Waals surface area contributed by atoms with Crippen LogP contribution in [0.15, 0.2) is 36.5 Å². The summed E-state index contributed by atoms with van der Waals surface area (Å²) in [5.41, 5.74) is 4.45. The van der Waals surface area contributed by atoms with E-state index in [9.17, 15) is 9.59 Å². The monoisotopic (exact) mass is 352 g/mol. The number of anilines is 2. The molecule has 1 aromatic heterocycles. The fraction of sp³-hybridized carbons (Fsp3) is 0.350. The second-order valence-electron chi connectivity index (χ2n) is 6.65. The van der Waals surface area contributed by atoms with Gasteiger partial charge in [-0.15, -0.1) is 0 Å². The average molecular weight is 352 g/mol. The van der Waals surface area contributed by atoms with Gasteiger partial charge in [-0.3, -0.25) is 9.59 Å². The van der Waals surface area contributed by atoms with E-state index in [4.69, 9.17) is 0 Å². The van der Waals surface area contributed by atoms with Gasteiger partial charge in [0, 0.05) is 38.8 Å². The zero-order valence-electron chi connectivity index (χ0n) is 15.5. The Kier molecular flexibility index (Phi) is 5.21. The smallest absolute Gasteiger partial charge is 0.274 e. The predicted octanol–water partition coefficient (Wildman–Crippen LogP) is 2.62. The van der Waals surface area contributed by atoms with Gasteiger partial charge >= 0.3 is 0 Å². The fourth-order valence-electron chi connectivity index (χ4n) is 3.00. The number of nitrogens with one attached hydrogen (secondary N) is 1. The molecule has 0 atom stereocenters. The van der Waals surface area contributed by atoms with Gasteiger partial charge < -0.3 is 15.1 Å². The summed E-state index contributed by atoms with van der Waals surface area (Å²) < 4.78 is 0. The van der Waals surface area contributed by atoms with E-state index >= 15 is 0 Å². The van der Waals surface area contributed by atoms with Crippen LogP contribution in [0.25, 0.3) is 0 Å². The number of nitrogens with zero attached hydrogens (tertiary/aromatic N) is 3. The molecule has 6 nitrogen and oxygen atoms in total. The normalized spacial score (nSPS) is 14.3. The van der Waals surface area contributed by atoms with E-state index < -0.39 is 0 Å². The number of carbonyl (C=O) groups is 2. The van der Waals surface area contributed by atoms with Gasteiger partial charge in [0.15, 0.2) is 0 Å². The van der Waals surface area contributed by atoms with E-state index in [0.29, 0.717) is 18.8 Å². The van der Waals surface area contributed by atoms with Gasteiger partial charge in [-0.25, -0.2) is 4.98 Å². The number of hydrogen-bond donors (Lipinski definition) is 1. The van der Waals surface area contributed by atoms with Crippen LogP contribution in [-0.4, -0.2) is 47.9 Å². The molecule has 136 valence electrons. The van der Waals surface area contributed by atoms with Crippen molar-refractivity contribution in [2.75, 3.05) is 36.4 Å². The number of pyridine rings is 1. The van der Waals surface area contributed by atoms with Crippen LogP contribution >= 0.6 is 0 Å². The quantitative estimate of drug-likeness (QED) is 0.922. The van der Waals surface area contributed by atoms with Crippen LogP contribution in [0.4, 0.5) is 11.4 Å². The van der Waals surface area contributed by atoms with Crippen molar-refractivity contribution in [3.05, 3.63) is 53.3 Å². The van der Waals surface area contributed by atoms with E-state index in [-0.39, 0.29) is 11.8 Å². The minimum absolute atomic E-state index is 0.112. The van der Waals surface area contributed by atoms with Crippen molar-refractivity contribution in [2.45, 2.75) is 20.8 Å². The van der Waals surface area contributed by atoms with Gasteiger partial charge in [-0.05, 0) is 49.2 Å². The second kappa shape index (κ2) is 7.56. The van der Waals surface area contributed by atoms with Gasteiger partial charge in [0.25, 0.3) is 5.91 Å². The number of rotatable bonds is 3. The number of carbonyl (C=O) groups excluding carboxylic acids is 2. The number of hydrogen-bond acceptors (Lipinski definition) is 4. The number of benzene rings is 1. The highest BCUT2D eigenvalue weighted by Gasteiger charge is 2.19. The van der Waals surface area contributed by atoms with Gasteiger partial charge in [-0.1, -0.05) is 6.07 Å². The molecule has 0 unspecified atom stereocenters. The third-order valence-electron chi connectivity index (χ3n) is 4.84. The first-order chi connectivity index (χ1) is 12.4. The van der Waals surface area contributed by atoms with Crippen molar-refractivity contribution in [3.8, 4) is 0 Å². The van der Waals surface area contributed by atoms with Crippen LogP contribution < -0.4 is 10.2 Å². The Bertz CT molecular complexity index is 809. The van der Waals surface area contributed by atoms with Gasteiger partial charge in [0.2, 0.25) is 5.91 Å². The van der Waals surface area contributed by atoms with Crippen molar-refractivity contribution >= 4 is 23.2 Å². The Morgan fingerprint density at radius 2 is 1.73 bits per heavy atom. The van der Waals surface area contributed by atoms with Crippen LogP contribution in [0.1, 0.15) is 28.5 Å². The maximum atomic E-state index is 12.4. The molecule has 1 aliphatic heterocycles. The van der Waals surface area contributed by atoms with Crippen LogP contribution in [0.5, 0.6) is 0 Å². The number of aromatic nitrogens is 1. The summed E-state index contributed by atoms with van der Waals surface area (Å²) in [4.78, 5) is 32.1. The standard InChI is InChI=1S/C20H24N4O2/c1-14-4-5-17(12-15(14)2)22-20(26)19-7-6-18(13-21-19)24-10-8-23(9-11-24)16(3)25/h4-7,12-13H,8-11H2,1-3H3,(H,22,26). The molecule has 2 heterocycles. The van der Waals surface area contributed by atoms with Crippen molar-refractivity contribution < 1.29 is 9.59 Å². The van der Waals surface area contributed by atoms with Gasteiger partial charge in [0.05, 0.1) is 11.9 Å². The molecule has 1 aliphatic rings. The van der Waals surface area contributed by atoms with Crippen molar-refractivity contribution in [3.63, 3.8) is 0 Å². The summed E-state index contributed by atoms with van der Waals surface area (Å²) in [6, 6.07) is 9.48. The molecule has 0 bridgehead atoms. The third kappa shape index (κ3) is 4.02. The lowest BCUT2D eigenvalue weighted by Gasteiger charge is -2.35. The number of aryl methyl sites for hydroxylation is 2. The predicted molar refractivity (Wildman–Crippen MR) is 103 cm³/mol. The Morgan fingerprint density at radius 1 is 1.00 bits per heavy atom. The molecule has 26 heavy (non-hydrogen) atoms. The maximum absolute atomic E-state index is 12.4. The van der Waals surface area contributed by atoms with Crippen molar-refractivity contribution in [1.29, 1.82) is 0 Å². The topological polar surface area (TPSA) is 65.5 Å². The van der Waals surface area contributed by atoms with Gasteiger partial charge in [-0.2, -0.15) is 0 Å². The first-order valence-corrected chi connectivity index (χ1v) is 8.79. The molecule has 1 saturated heterocycles. The molecule has 0 aliphatic carbocycles. The highest BCUT2D eigenvalue weighted by Crippen LogP contribution is 2.18. The number of piperazine rings is 1. The summed E-state index contributed by atoms with van der Waals surface area (Å²) in [5.74, 6) is -0.109. The lowest BCUT2D eigenvalue weighted by molar-refractivity contribution is -0.129. The minimum atomic E-state index is -0.221. The van der Waals surface area contributed by atoms with Crippen LogP contribution in [-0.2, 0) is 4.79 Å². The first kappa shape index (κ1) is 17.9. The maximum Gasteiger partial charge on any atom is 0.274 e. The lowest BCUT2D eigenvalue weighted by atomic mass is 10.1. The molecule has 0 radical (unpaired) electrons. The zero-order valence-corrected chi connectivity index (χ0v) is 15.5. The van der Waals surface area contributed by atoms with E-state index in [0.717, 1.165) is 30.0 Å². The summed E-state index contributed by atoms with van der Waals surface area (Å²) in [6.07, 6.45) is 1.72. The first-order valence-electron chi connectivity index (χ1n) is 8.79. The number of amides is 2. The Labute approximate surface area is 153 Å². The van der Waals surface area contributed by atoms with Crippen molar-refractivity contribution in [1.82, 2.24) is 9.88 Å². The van der Waals surface area contributed by atoms with Crippen LogP contribution in [0, 0.1) is 13.8 Å². The molecule has 1 N–H and O–H groups in total. The minimum Gasteiger partial charge on any atom is -0.367 e. The van der Waals surface area contributed by atoms with Crippen LogP contribution in [0.3, 0.4) is 0 Å². The average Bonchev–Trinajstić information content (AvgIpc) is 2.65. The lowest BCUT2D eigenvalue weighted by Crippen LogP contribution is -2.48. The summed E-state index contributed by atoms with van der Waals surface area (Å²) in [7, 11) is 0. The molecule has 3 rings (SSSR count). The highest BCUT2D eigenvalue weighted by molar-refractivity contribution is 6.03. The van der Waals surface area contributed by atoms with E-state index in [1.165, 1.54) is 5.56 Å². The Morgan fingerprint density at radius 3 is 2.31 bits per heavy atom. The molecule has 6 heteroatoms. The largest absolute Gasteiger partial charge is 0.367 e. The second-order valence-corrected chi connectivity index (χ2v) is 6.65. The Balaban J connectivity index is 1.63. The summed E-state index contributed by atoms with van der Waals surface area (Å²) >= 11 is 0. The van der Waals surface area contributed by atoms with Gasteiger partial charge in [0.1, 0.15) is 5.69 Å². The highest BCUT2D eigenvalue weighted by atomic mass is 16.2. The van der Waals surface area contributed by atoms with E-state index in [1.807, 2.05) is 43.0 Å². The Hall–Kier alpha value is -2.89. The summed E-state index contributed by atoms with van der Waals surface area (Å²) in [5, 5.41) is 2.88. The summed E-state index contributed by atoms with van der Waals surface area (Å²) in [6.45, 7) is 8.63. The molecule has 1 fully saturated rings. The molecular formula is C20H24N4O2. The zero-order chi connectivity index (χ0) is 18.7. The molecule has 0 spiro atoms. The fourth-order valence-corrected chi connectivity index (χ4v) is 3.00. The molecule has 2 aromatic rings. The van der Waals surface area contributed by atoms with Crippen LogP contribution in [0.2, 0.25) is 0 Å². The molecule has 0 saturated carbocycles. The molecular weight excluding hydrogens is 328 g/mol. The van der Waals surface area contributed by atoms with E-state index in [2.05, 4.69) is 15.2 Å². The molecule has 1 aromatic carbocycles. The third-order valence-corrected chi connectivity index (χ3v) is 4.84. The SMILES string of the molecule is CC(=O)N1CCN(c2ccc(C(=O)Nc3ccc(C)c(C)c3)nc2)CC1.